The normalized spacial score (nSPS) is 12.4. The Labute approximate surface area is 194 Å². The highest BCUT2D eigenvalue weighted by Gasteiger charge is 2.29. The number of hydrogen-bond acceptors (Lipinski definition) is 6. The molecule has 10 heteroatoms. The van der Waals surface area contributed by atoms with Crippen molar-refractivity contribution in [1.29, 1.82) is 0 Å². The number of likely N-dealkylation sites (N-methyl/N-ethyl adjacent to an activating group) is 1. The number of nitrogens with zero attached hydrogens (tertiary/aromatic N) is 2. The van der Waals surface area contributed by atoms with Gasteiger partial charge in [0.15, 0.2) is 11.5 Å². The van der Waals surface area contributed by atoms with Gasteiger partial charge in [0.05, 0.1) is 10.6 Å². The Morgan fingerprint density at radius 1 is 1.18 bits per heavy atom. The number of amides is 2. The van der Waals surface area contributed by atoms with Gasteiger partial charge in [-0.1, -0.05) is 22.8 Å². The minimum absolute atomic E-state index is 0.00806. The van der Waals surface area contributed by atoms with E-state index in [1.54, 1.807) is 32.0 Å². The number of aromatic nitrogens is 1. The van der Waals surface area contributed by atoms with Crippen molar-refractivity contribution in [3.05, 3.63) is 58.6 Å². The molecule has 3 aromatic rings. The number of nitrogens with one attached hydrogen (secondary N) is 1. The van der Waals surface area contributed by atoms with Gasteiger partial charge in [0.2, 0.25) is 5.91 Å². The molecule has 172 valence electrons. The molecule has 0 saturated heterocycles. The number of ether oxygens (including phenoxy) is 2. The highest BCUT2D eigenvalue weighted by atomic mass is 35.5. The third-order valence-corrected chi connectivity index (χ3v) is 5.42. The lowest BCUT2D eigenvalue weighted by molar-refractivity contribution is -0.116. The molecule has 1 N–H and O–H groups in total. The largest absolute Gasteiger partial charge is 0.486 e. The number of fused-ring (bicyclic) bond motifs is 1. The molecular formula is C23H21ClFN3O5. The van der Waals surface area contributed by atoms with Crippen molar-refractivity contribution >= 4 is 29.1 Å². The summed E-state index contributed by atoms with van der Waals surface area (Å²) in [6, 6.07) is 9.22. The topological polar surface area (TPSA) is 93.9 Å². The van der Waals surface area contributed by atoms with Crippen LogP contribution in [0.15, 0.2) is 40.9 Å². The van der Waals surface area contributed by atoms with Crippen molar-refractivity contribution in [3.8, 4) is 22.8 Å². The summed E-state index contributed by atoms with van der Waals surface area (Å²) in [5.74, 6) is -0.241. The van der Waals surface area contributed by atoms with Crippen LogP contribution in [0.4, 0.5) is 10.1 Å². The van der Waals surface area contributed by atoms with Crippen molar-refractivity contribution in [1.82, 2.24) is 10.1 Å². The SMILES string of the molecule is CCN(CC(=O)Nc1ccc2c(c1)OCCO2)C(=O)c1c(-c2c(F)cccc2Cl)noc1C. The minimum Gasteiger partial charge on any atom is -0.486 e. The smallest absolute Gasteiger partial charge is 0.260 e. The number of rotatable bonds is 6. The summed E-state index contributed by atoms with van der Waals surface area (Å²) in [6.45, 7) is 4.15. The lowest BCUT2D eigenvalue weighted by Crippen LogP contribution is -2.38. The molecule has 1 aromatic heterocycles. The van der Waals surface area contributed by atoms with E-state index in [-0.39, 0.29) is 40.7 Å². The van der Waals surface area contributed by atoms with E-state index in [0.29, 0.717) is 30.4 Å². The molecule has 0 saturated carbocycles. The van der Waals surface area contributed by atoms with E-state index in [1.807, 2.05) is 0 Å². The second-order valence-electron chi connectivity index (χ2n) is 7.28. The quantitative estimate of drug-likeness (QED) is 0.573. The van der Waals surface area contributed by atoms with Crippen molar-refractivity contribution in [3.63, 3.8) is 0 Å². The van der Waals surface area contributed by atoms with Crippen molar-refractivity contribution in [2.75, 3.05) is 31.6 Å². The Morgan fingerprint density at radius 2 is 1.94 bits per heavy atom. The Balaban J connectivity index is 1.53. The Kier molecular flexibility index (Phi) is 6.50. The maximum atomic E-state index is 14.5. The third kappa shape index (κ3) is 4.63. The van der Waals surface area contributed by atoms with Crippen LogP contribution in [0.3, 0.4) is 0 Å². The van der Waals surface area contributed by atoms with Crippen LogP contribution in [0.5, 0.6) is 11.5 Å². The maximum absolute atomic E-state index is 14.5. The van der Waals surface area contributed by atoms with Gasteiger partial charge in [-0.25, -0.2) is 4.39 Å². The zero-order valence-corrected chi connectivity index (χ0v) is 18.7. The molecule has 2 heterocycles. The summed E-state index contributed by atoms with van der Waals surface area (Å²) >= 11 is 6.16. The molecule has 8 nitrogen and oxygen atoms in total. The lowest BCUT2D eigenvalue weighted by Gasteiger charge is -2.21. The first-order valence-electron chi connectivity index (χ1n) is 10.3. The van der Waals surface area contributed by atoms with Crippen LogP contribution in [-0.2, 0) is 4.79 Å². The number of halogens is 2. The number of carbonyl (C=O) groups excluding carboxylic acids is 2. The van der Waals surface area contributed by atoms with Crippen LogP contribution < -0.4 is 14.8 Å². The Bertz CT molecular complexity index is 1190. The highest BCUT2D eigenvalue weighted by Crippen LogP contribution is 2.34. The van der Waals surface area contributed by atoms with Gasteiger partial charge in [-0.3, -0.25) is 9.59 Å². The van der Waals surface area contributed by atoms with E-state index in [9.17, 15) is 14.0 Å². The zero-order chi connectivity index (χ0) is 23.5. The predicted molar refractivity (Wildman–Crippen MR) is 119 cm³/mol. The summed E-state index contributed by atoms with van der Waals surface area (Å²) in [6.07, 6.45) is 0. The van der Waals surface area contributed by atoms with Crippen LogP contribution >= 0.6 is 11.6 Å². The highest BCUT2D eigenvalue weighted by molar-refractivity contribution is 6.33. The van der Waals surface area contributed by atoms with Crippen LogP contribution in [0, 0.1) is 12.7 Å². The van der Waals surface area contributed by atoms with Gasteiger partial charge in [-0.05, 0) is 38.1 Å². The third-order valence-electron chi connectivity index (χ3n) is 5.11. The van der Waals surface area contributed by atoms with E-state index >= 15 is 0 Å². The number of benzene rings is 2. The summed E-state index contributed by atoms with van der Waals surface area (Å²) in [5, 5.41) is 6.70. The van der Waals surface area contributed by atoms with E-state index in [4.69, 9.17) is 25.6 Å². The molecule has 1 aliphatic heterocycles. The fourth-order valence-corrected chi connectivity index (χ4v) is 3.75. The molecule has 0 bridgehead atoms. The first kappa shape index (κ1) is 22.6. The first-order valence-corrected chi connectivity index (χ1v) is 10.7. The average molecular weight is 474 g/mol. The van der Waals surface area contributed by atoms with Crippen LogP contribution in [-0.4, -0.2) is 48.2 Å². The van der Waals surface area contributed by atoms with Crippen LogP contribution in [0.25, 0.3) is 11.3 Å². The van der Waals surface area contributed by atoms with Gasteiger partial charge in [0.1, 0.15) is 42.6 Å². The molecule has 0 radical (unpaired) electrons. The Morgan fingerprint density at radius 3 is 2.67 bits per heavy atom. The second kappa shape index (κ2) is 9.50. The number of anilines is 1. The second-order valence-corrected chi connectivity index (χ2v) is 7.69. The fourth-order valence-electron chi connectivity index (χ4n) is 3.50. The monoisotopic (exact) mass is 473 g/mol. The molecule has 0 fully saturated rings. The molecule has 2 aromatic carbocycles. The van der Waals surface area contributed by atoms with E-state index in [1.165, 1.54) is 23.1 Å². The van der Waals surface area contributed by atoms with Crippen molar-refractivity contribution in [2.45, 2.75) is 13.8 Å². The van der Waals surface area contributed by atoms with Crippen LogP contribution in [0.2, 0.25) is 5.02 Å². The fraction of sp³-hybridized carbons (Fsp3) is 0.261. The first-order chi connectivity index (χ1) is 15.9. The summed E-state index contributed by atoms with van der Waals surface area (Å²) < 4.78 is 30.6. The van der Waals surface area contributed by atoms with E-state index in [2.05, 4.69) is 10.5 Å². The van der Waals surface area contributed by atoms with Gasteiger partial charge in [-0.2, -0.15) is 0 Å². The van der Waals surface area contributed by atoms with E-state index in [0.717, 1.165) is 0 Å². The predicted octanol–water partition coefficient (Wildman–Crippen LogP) is 4.31. The molecule has 2 amide bonds. The van der Waals surface area contributed by atoms with Gasteiger partial charge < -0.3 is 24.2 Å². The standard InChI is InChI=1S/C23H21ClFN3O5/c1-3-28(12-19(29)26-14-7-8-17-18(11-14)32-10-9-31-17)23(30)20-13(2)33-27-22(20)21-15(24)5-4-6-16(21)25/h4-8,11H,3,9-10,12H2,1-2H3,(H,26,29). The molecule has 0 spiro atoms. The molecule has 4 rings (SSSR count). The van der Waals surface area contributed by atoms with Crippen LogP contribution in [0.1, 0.15) is 23.0 Å². The van der Waals surface area contributed by atoms with Gasteiger partial charge in [0.25, 0.3) is 5.91 Å². The van der Waals surface area contributed by atoms with Gasteiger partial charge in [0, 0.05) is 18.3 Å². The van der Waals surface area contributed by atoms with Crippen molar-refractivity contribution in [2.24, 2.45) is 0 Å². The van der Waals surface area contributed by atoms with E-state index < -0.39 is 17.6 Å². The molecule has 0 aliphatic carbocycles. The Hall–Kier alpha value is -3.59. The summed E-state index contributed by atoms with van der Waals surface area (Å²) in [7, 11) is 0. The molecule has 0 atom stereocenters. The molecule has 1 aliphatic rings. The zero-order valence-electron chi connectivity index (χ0n) is 18.0. The maximum Gasteiger partial charge on any atom is 0.260 e. The molecular weight excluding hydrogens is 453 g/mol. The van der Waals surface area contributed by atoms with Crippen molar-refractivity contribution < 1.29 is 28.0 Å². The summed E-state index contributed by atoms with van der Waals surface area (Å²) in [5.41, 5.74) is 0.520. The number of carbonyl (C=O) groups is 2. The number of aryl methyl sites for hydroxylation is 1. The lowest BCUT2D eigenvalue weighted by atomic mass is 10.0. The average Bonchev–Trinajstić information content (AvgIpc) is 3.17. The molecule has 33 heavy (non-hydrogen) atoms. The van der Waals surface area contributed by atoms with Gasteiger partial charge in [-0.15, -0.1) is 0 Å². The summed E-state index contributed by atoms with van der Waals surface area (Å²) in [4.78, 5) is 27.3. The molecule has 0 unspecified atom stereocenters. The van der Waals surface area contributed by atoms with Gasteiger partial charge >= 0.3 is 0 Å². The minimum atomic E-state index is -0.635. The number of hydrogen-bond donors (Lipinski definition) is 1.